The number of nitrogens with zero attached hydrogens (tertiary/aromatic N) is 3. The molecular formula is C11H22N4. The molecule has 0 spiro atoms. The first kappa shape index (κ1) is 12.2. The lowest BCUT2D eigenvalue weighted by Gasteiger charge is -2.13. The van der Waals surface area contributed by atoms with Gasteiger partial charge in [0, 0.05) is 6.54 Å². The minimum Gasteiger partial charge on any atom is -0.315 e. The van der Waals surface area contributed by atoms with Crippen molar-refractivity contribution in [1.29, 1.82) is 0 Å². The molecule has 1 aromatic rings. The maximum atomic E-state index is 4.37. The second kappa shape index (κ2) is 5.85. The second-order valence-electron chi connectivity index (χ2n) is 4.06. The zero-order valence-corrected chi connectivity index (χ0v) is 10.2. The standard InChI is InChI=1S/C11H22N4/c1-5-6-7-12-8-9(2)15-11(4)13-10(3)14-15/h9,12H,5-8H2,1-4H3. The predicted octanol–water partition coefficient (Wildman–Crippen LogP) is 1.85. The summed E-state index contributed by atoms with van der Waals surface area (Å²) in [4.78, 5) is 4.30. The highest BCUT2D eigenvalue weighted by atomic mass is 15.4. The summed E-state index contributed by atoms with van der Waals surface area (Å²) in [5.74, 6) is 1.85. The quantitative estimate of drug-likeness (QED) is 0.729. The lowest BCUT2D eigenvalue weighted by Crippen LogP contribution is -2.25. The number of aromatic nitrogens is 3. The Kier molecular flexibility index (Phi) is 4.75. The summed E-state index contributed by atoms with van der Waals surface area (Å²) in [6.07, 6.45) is 2.48. The molecule has 0 radical (unpaired) electrons. The van der Waals surface area contributed by atoms with Gasteiger partial charge in [-0.2, -0.15) is 5.10 Å². The van der Waals surface area contributed by atoms with Crippen molar-refractivity contribution in [3.05, 3.63) is 11.6 Å². The highest BCUT2D eigenvalue weighted by Gasteiger charge is 2.09. The van der Waals surface area contributed by atoms with Crippen LogP contribution < -0.4 is 5.32 Å². The van der Waals surface area contributed by atoms with E-state index in [4.69, 9.17) is 0 Å². The van der Waals surface area contributed by atoms with Crippen LogP contribution in [0.4, 0.5) is 0 Å². The lowest BCUT2D eigenvalue weighted by atomic mass is 10.3. The van der Waals surface area contributed by atoms with Crippen molar-refractivity contribution in [3.63, 3.8) is 0 Å². The summed E-state index contributed by atoms with van der Waals surface area (Å²) >= 11 is 0. The zero-order chi connectivity index (χ0) is 11.3. The van der Waals surface area contributed by atoms with Gasteiger partial charge in [-0.3, -0.25) is 0 Å². The predicted molar refractivity (Wildman–Crippen MR) is 62.0 cm³/mol. The van der Waals surface area contributed by atoms with Gasteiger partial charge < -0.3 is 5.32 Å². The minimum absolute atomic E-state index is 0.378. The fraction of sp³-hybridized carbons (Fsp3) is 0.818. The number of rotatable bonds is 6. The third kappa shape index (κ3) is 3.63. The molecule has 15 heavy (non-hydrogen) atoms. The molecule has 0 fully saturated rings. The van der Waals surface area contributed by atoms with Crippen LogP contribution in [0.3, 0.4) is 0 Å². The topological polar surface area (TPSA) is 42.7 Å². The van der Waals surface area contributed by atoms with Crippen molar-refractivity contribution in [2.24, 2.45) is 0 Å². The SMILES string of the molecule is CCCCNCC(C)n1nc(C)nc1C. The van der Waals surface area contributed by atoms with E-state index in [1.807, 2.05) is 18.5 Å². The third-order valence-electron chi connectivity index (χ3n) is 2.47. The van der Waals surface area contributed by atoms with Crippen LogP contribution in [-0.2, 0) is 0 Å². The van der Waals surface area contributed by atoms with Crippen LogP contribution in [0, 0.1) is 13.8 Å². The molecule has 0 aliphatic heterocycles. The number of aryl methyl sites for hydroxylation is 2. The van der Waals surface area contributed by atoms with Crippen LogP contribution in [0.2, 0.25) is 0 Å². The molecule has 4 heteroatoms. The van der Waals surface area contributed by atoms with Crippen LogP contribution in [0.1, 0.15) is 44.4 Å². The molecule has 1 heterocycles. The van der Waals surface area contributed by atoms with Gasteiger partial charge in [0.05, 0.1) is 6.04 Å². The van der Waals surface area contributed by atoms with E-state index in [-0.39, 0.29) is 0 Å². The molecule has 0 aliphatic carbocycles. The van der Waals surface area contributed by atoms with Gasteiger partial charge in [-0.15, -0.1) is 0 Å². The van der Waals surface area contributed by atoms with Gasteiger partial charge >= 0.3 is 0 Å². The average molecular weight is 210 g/mol. The molecule has 0 bridgehead atoms. The molecule has 1 rings (SSSR count). The monoisotopic (exact) mass is 210 g/mol. The number of unbranched alkanes of at least 4 members (excludes halogenated alkanes) is 1. The van der Waals surface area contributed by atoms with Gasteiger partial charge in [0.2, 0.25) is 0 Å². The summed E-state index contributed by atoms with van der Waals surface area (Å²) in [6, 6.07) is 0.378. The maximum absolute atomic E-state index is 4.37. The fourth-order valence-electron chi connectivity index (χ4n) is 1.65. The molecule has 0 aliphatic rings. The van der Waals surface area contributed by atoms with E-state index in [0.29, 0.717) is 6.04 Å². The van der Waals surface area contributed by atoms with Gasteiger partial charge in [0.1, 0.15) is 11.6 Å². The molecule has 1 N–H and O–H groups in total. The van der Waals surface area contributed by atoms with Crippen LogP contribution in [0.25, 0.3) is 0 Å². The largest absolute Gasteiger partial charge is 0.315 e. The molecule has 1 atom stereocenters. The van der Waals surface area contributed by atoms with E-state index in [1.54, 1.807) is 0 Å². The zero-order valence-electron chi connectivity index (χ0n) is 10.2. The Morgan fingerprint density at radius 3 is 2.67 bits per heavy atom. The van der Waals surface area contributed by atoms with Crippen molar-refractivity contribution in [2.45, 2.75) is 46.6 Å². The Morgan fingerprint density at radius 2 is 2.13 bits per heavy atom. The summed E-state index contributed by atoms with van der Waals surface area (Å²) in [5.41, 5.74) is 0. The van der Waals surface area contributed by atoms with Crippen molar-refractivity contribution in [3.8, 4) is 0 Å². The lowest BCUT2D eigenvalue weighted by molar-refractivity contribution is 0.440. The third-order valence-corrected chi connectivity index (χ3v) is 2.47. The summed E-state index contributed by atoms with van der Waals surface area (Å²) in [7, 11) is 0. The first-order chi connectivity index (χ1) is 7.15. The molecule has 0 amide bonds. The second-order valence-corrected chi connectivity index (χ2v) is 4.06. The van der Waals surface area contributed by atoms with Crippen LogP contribution in [-0.4, -0.2) is 27.9 Å². The van der Waals surface area contributed by atoms with Crippen molar-refractivity contribution in [1.82, 2.24) is 20.1 Å². The van der Waals surface area contributed by atoms with Crippen LogP contribution in [0.5, 0.6) is 0 Å². The van der Waals surface area contributed by atoms with E-state index in [2.05, 4.69) is 29.2 Å². The van der Waals surface area contributed by atoms with Gasteiger partial charge in [-0.1, -0.05) is 13.3 Å². The van der Waals surface area contributed by atoms with Crippen LogP contribution >= 0.6 is 0 Å². The Hall–Kier alpha value is -0.900. The van der Waals surface area contributed by atoms with Gasteiger partial charge in [0.25, 0.3) is 0 Å². The van der Waals surface area contributed by atoms with E-state index in [0.717, 1.165) is 24.7 Å². The molecule has 4 nitrogen and oxygen atoms in total. The van der Waals surface area contributed by atoms with Crippen molar-refractivity contribution < 1.29 is 0 Å². The Bertz CT molecular complexity index is 293. The Labute approximate surface area is 92.1 Å². The van der Waals surface area contributed by atoms with E-state index >= 15 is 0 Å². The Balaban J connectivity index is 2.39. The number of nitrogens with one attached hydrogen (secondary N) is 1. The fourth-order valence-corrected chi connectivity index (χ4v) is 1.65. The van der Waals surface area contributed by atoms with Gasteiger partial charge in [-0.05, 0) is 33.7 Å². The van der Waals surface area contributed by atoms with E-state index < -0.39 is 0 Å². The Morgan fingerprint density at radius 1 is 1.40 bits per heavy atom. The molecule has 0 saturated heterocycles. The van der Waals surface area contributed by atoms with Gasteiger partial charge in [-0.25, -0.2) is 9.67 Å². The average Bonchev–Trinajstić information content (AvgIpc) is 2.52. The smallest absolute Gasteiger partial charge is 0.147 e. The van der Waals surface area contributed by atoms with Crippen LogP contribution in [0.15, 0.2) is 0 Å². The molecule has 0 aromatic carbocycles. The van der Waals surface area contributed by atoms with Crippen molar-refractivity contribution >= 4 is 0 Å². The number of hydrogen-bond acceptors (Lipinski definition) is 3. The summed E-state index contributed by atoms with van der Waals surface area (Å²) in [5, 5.41) is 7.81. The minimum atomic E-state index is 0.378. The summed E-state index contributed by atoms with van der Waals surface area (Å²) in [6.45, 7) is 10.4. The first-order valence-corrected chi connectivity index (χ1v) is 5.75. The molecule has 0 saturated carbocycles. The highest BCUT2D eigenvalue weighted by Crippen LogP contribution is 2.06. The number of hydrogen-bond donors (Lipinski definition) is 1. The molecular weight excluding hydrogens is 188 g/mol. The van der Waals surface area contributed by atoms with E-state index in [9.17, 15) is 0 Å². The maximum Gasteiger partial charge on any atom is 0.147 e. The van der Waals surface area contributed by atoms with Gasteiger partial charge in [0.15, 0.2) is 0 Å². The first-order valence-electron chi connectivity index (χ1n) is 5.75. The molecule has 1 unspecified atom stereocenters. The normalized spacial score (nSPS) is 13.1. The van der Waals surface area contributed by atoms with E-state index in [1.165, 1.54) is 12.8 Å². The highest BCUT2D eigenvalue weighted by molar-refractivity contribution is 4.89. The van der Waals surface area contributed by atoms with Crippen molar-refractivity contribution in [2.75, 3.05) is 13.1 Å². The summed E-state index contributed by atoms with van der Waals surface area (Å²) < 4.78 is 1.99. The molecule has 1 aromatic heterocycles. The molecule has 86 valence electrons.